The molecule has 200 valence electrons. The quantitative estimate of drug-likeness (QED) is 0.617. The number of nitrogens with zero attached hydrogens (tertiary/aromatic N) is 3. The van der Waals surface area contributed by atoms with Gasteiger partial charge in [-0.25, -0.2) is 9.59 Å². The van der Waals surface area contributed by atoms with Gasteiger partial charge in [0.2, 0.25) is 5.91 Å². The summed E-state index contributed by atoms with van der Waals surface area (Å²) in [6.07, 6.45) is -0.181. The smallest absolute Gasteiger partial charge is 0.442 e. The average molecular weight is 523 g/mol. The number of alkyl halides is 3. The first-order valence-electron chi connectivity index (χ1n) is 12.5. The summed E-state index contributed by atoms with van der Waals surface area (Å²) in [5.41, 5.74) is 0.593. The second-order valence-corrected chi connectivity index (χ2v) is 9.99. The van der Waals surface area contributed by atoms with E-state index in [1.807, 2.05) is 4.90 Å². The van der Waals surface area contributed by atoms with E-state index in [9.17, 15) is 27.6 Å². The molecule has 0 bridgehead atoms. The van der Waals surface area contributed by atoms with E-state index in [1.54, 1.807) is 15.9 Å². The summed E-state index contributed by atoms with van der Waals surface area (Å²) in [6, 6.07) is 5.28. The zero-order chi connectivity index (χ0) is 26.2. The van der Waals surface area contributed by atoms with Crippen molar-refractivity contribution in [1.29, 1.82) is 0 Å². The number of benzene rings is 1. The maximum absolute atomic E-state index is 13.1. The maximum Gasteiger partial charge on any atom is 0.573 e. The first-order valence-corrected chi connectivity index (χ1v) is 12.5. The van der Waals surface area contributed by atoms with E-state index in [4.69, 9.17) is 4.74 Å². The third-order valence-corrected chi connectivity index (χ3v) is 7.62. The molecule has 4 saturated heterocycles. The lowest BCUT2D eigenvalue weighted by Crippen LogP contribution is -2.53. The van der Waals surface area contributed by atoms with E-state index in [-0.39, 0.29) is 29.8 Å². The highest BCUT2D eigenvalue weighted by Gasteiger charge is 2.43. The molecule has 12 heteroatoms. The van der Waals surface area contributed by atoms with Crippen molar-refractivity contribution in [2.45, 2.75) is 37.8 Å². The largest absolute Gasteiger partial charge is 0.573 e. The minimum Gasteiger partial charge on any atom is -0.442 e. The molecule has 2 unspecified atom stereocenters. The van der Waals surface area contributed by atoms with Crippen LogP contribution in [0, 0.1) is 11.8 Å². The molecule has 1 aromatic carbocycles. The van der Waals surface area contributed by atoms with Crippen LogP contribution in [0.15, 0.2) is 30.3 Å². The number of piperidine rings is 1. The number of amides is 4. The molecule has 1 aromatic rings. The zero-order valence-corrected chi connectivity index (χ0v) is 20.2. The predicted octanol–water partition coefficient (Wildman–Crippen LogP) is 3.07. The Morgan fingerprint density at radius 1 is 0.946 bits per heavy atom. The van der Waals surface area contributed by atoms with Crippen LogP contribution in [0.1, 0.15) is 24.8 Å². The molecule has 0 spiro atoms. The number of ether oxygens (including phenoxy) is 2. The Morgan fingerprint density at radius 3 is 2.24 bits per heavy atom. The van der Waals surface area contributed by atoms with Gasteiger partial charge in [-0.2, -0.15) is 0 Å². The topological polar surface area (TPSA) is 91.4 Å². The Morgan fingerprint density at radius 2 is 1.59 bits per heavy atom. The third-order valence-electron chi connectivity index (χ3n) is 7.62. The number of hydrogen-bond acceptors (Lipinski definition) is 5. The van der Waals surface area contributed by atoms with Crippen molar-refractivity contribution < 1.29 is 37.0 Å². The first kappa shape index (κ1) is 25.2. The van der Waals surface area contributed by atoms with Crippen LogP contribution >= 0.6 is 0 Å². The van der Waals surface area contributed by atoms with E-state index in [2.05, 4.69) is 10.1 Å². The Hall–Kier alpha value is -3.44. The lowest BCUT2D eigenvalue weighted by Gasteiger charge is -2.35. The number of halogens is 3. The van der Waals surface area contributed by atoms with Gasteiger partial charge < -0.3 is 29.5 Å². The van der Waals surface area contributed by atoms with Gasteiger partial charge in [0.15, 0.2) is 0 Å². The SMILES string of the molecule is O=C1NC2CCN(C(=O)N3C[C@H]4CCN(C(=O)/C=C\c5ccc(OC(F)(F)F)cc5)CC[C@H]4C3)CC2O1. The molecule has 4 heterocycles. The number of alkyl carbamates (subject to hydrolysis) is 1. The van der Waals surface area contributed by atoms with Crippen molar-refractivity contribution in [2.24, 2.45) is 11.8 Å². The Bertz CT molecular complexity index is 1050. The Kier molecular flexibility index (Phi) is 6.91. The number of carbonyl (C=O) groups excluding carboxylic acids is 3. The lowest BCUT2D eigenvalue weighted by molar-refractivity contribution is -0.274. The molecule has 4 aliphatic rings. The van der Waals surface area contributed by atoms with Crippen LogP contribution in [0.2, 0.25) is 0 Å². The van der Waals surface area contributed by atoms with E-state index in [0.717, 1.165) is 12.8 Å². The second kappa shape index (κ2) is 10.1. The van der Waals surface area contributed by atoms with Gasteiger partial charge in [-0.15, -0.1) is 13.2 Å². The van der Waals surface area contributed by atoms with Gasteiger partial charge in [0.25, 0.3) is 0 Å². The molecule has 9 nitrogen and oxygen atoms in total. The Balaban J connectivity index is 1.10. The molecule has 4 aliphatic heterocycles. The summed E-state index contributed by atoms with van der Waals surface area (Å²) in [5, 5.41) is 2.78. The van der Waals surface area contributed by atoms with E-state index >= 15 is 0 Å². The number of carbonyl (C=O) groups is 3. The fourth-order valence-corrected chi connectivity index (χ4v) is 5.68. The summed E-state index contributed by atoms with van der Waals surface area (Å²) in [5.74, 6) is 0.169. The van der Waals surface area contributed by atoms with Crippen LogP contribution in [0.4, 0.5) is 22.8 Å². The molecule has 1 N–H and O–H groups in total. The predicted molar refractivity (Wildman–Crippen MR) is 125 cm³/mol. The normalized spacial score (nSPS) is 27.9. The molecular formula is C25H29F3N4O5. The molecule has 0 radical (unpaired) electrons. The van der Waals surface area contributed by atoms with Crippen LogP contribution < -0.4 is 10.1 Å². The minimum absolute atomic E-state index is 0.0167. The van der Waals surface area contributed by atoms with E-state index < -0.39 is 12.5 Å². The van der Waals surface area contributed by atoms with Gasteiger partial charge in [-0.3, -0.25) is 4.79 Å². The van der Waals surface area contributed by atoms with Crippen molar-refractivity contribution in [2.75, 3.05) is 39.3 Å². The molecule has 0 aromatic heterocycles. The van der Waals surface area contributed by atoms with E-state index in [0.29, 0.717) is 63.1 Å². The fraction of sp³-hybridized carbons (Fsp3) is 0.560. The van der Waals surface area contributed by atoms with Gasteiger partial charge in [0.1, 0.15) is 11.9 Å². The Labute approximate surface area is 212 Å². The van der Waals surface area contributed by atoms with Crippen molar-refractivity contribution in [1.82, 2.24) is 20.0 Å². The molecular weight excluding hydrogens is 493 g/mol. The van der Waals surface area contributed by atoms with Crippen LogP contribution in [-0.4, -0.2) is 90.5 Å². The van der Waals surface area contributed by atoms with Gasteiger partial charge in [-0.1, -0.05) is 12.1 Å². The second-order valence-electron chi connectivity index (χ2n) is 9.99. The minimum atomic E-state index is -4.75. The van der Waals surface area contributed by atoms with Crippen molar-refractivity contribution >= 4 is 24.1 Å². The van der Waals surface area contributed by atoms with Crippen molar-refractivity contribution in [3.05, 3.63) is 35.9 Å². The molecule has 4 atom stereocenters. The van der Waals surface area contributed by atoms with Crippen LogP contribution in [0.3, 0.4) is 0 Å². The fourth-order valence-electron chi connectivity index (χ4n) is 5.68. The zero-order valence-electron chi connectivity index (χ0n) is 20.2. The summed E-state index contributed by atoms with van der Waals surface area (Å²) in [4.78, 5) is 42.8. The summed E-state index contributed by atoms with van der Waals surface area (Å²) < 4.78 is 46.0. The molecule has 5 rings (SSSR count). The number of hydrogen-bond donors (Lipinski definition) is 1. The summed E-state index contributed by atoms with van der Waals surface area (Å²) in [6.45, 7) is 3.45. The first-order chi connectivity index (χ1) is 17.6. The van der Waals surface area contributed by atoms with Gasteiger partial charge in [0, 0.05) is 38.8 Å². The molecule has 0 saturated carbocycles. The van der Waals surface area contributed by atoms with Gasteiger partial charge in [-0.05, 0) is 54.9 Å². The summed E-state index contributed by atoms with van der Waals surface area (Å²) in [7, 11) is 0. The average Bonchev–Trinajstić information content (AvgIpc) is 3.37. The molecule has 4 fully saturated rings. The number of urea groups is 1. The van der Waals surface area contributed by atoms with Crippen LogP contribution in [0.25, 0.3) is 6.08 Å². The van der Waals surface area contributed by atoms with Gasteiger partial charge in [0.05, 0.1) is 12.6 Å². The van der Waals surface area contributed by atoms with Crippen molar-refractivity contribution in [3.8, 4) is 5.75 Å². The summed E-state index contributed by atoms with van der Waals surface area (Å²) >= 11 is 0. The number of fused-ring (bicyclic) bond motifs is 2. The van der Waals surface area contributed by atoms with Gasteiger partial charge >= 0.3 is 18.5 Å². The molecule has 4 amide bonds. The maximum atomic E-state index is 13.1. The van der Waals surface area contributed by atoms with E-state index in [1.165, 1.54) is 30.3 Å². The third kappa shape index (κ3) is 5.94. The standard InChI is InChI=1S/C25H29F3N4O5/c26-25(27,28)37-19-4-1-16(2-5-19)3-6-22(33)30-10-7-17-13-32(14-18(17)8-11-30)24(35)31-12-9-20-21(15-31)36-23(34)29-20/h1-6,17-18,20-21H,7-15H2,(H,29,34)/b6-3-/t17-,18+,20?,21?. The van der Waals surface area contributed by atoms with Crippen molar-refractivity contribution in [3.63, 3.8) is 0 Å². The number of rotatable bonds is 3. The van der Waals surface area contributed by atoms with Crippen LogP contribution in [0.5, 0.6) is 5.75 Å². The monoisotopic (exact) mass is 522 g/mol. The van der Waals surface area contributed by atoms with Crippen LogP contribution in [-0.2, 0) is 9.53 Å². The molecule has 0 aliphatic carbocycles. The number of nitrogens with one attached hydrogen (secondary N) is 1. The number of likely N-dealkylation sites (tertiary alicyclic amines) is 3. The highest BCUT2D eigenvalue weighted by atomic mass is 19.4. The lowest BCUT2D eigenvalue weighted by atomic mass is 9.92. The highest BCUT2D eigenvalue weighted by Crippen LogP contribution is 2.33. The molecule has 37 heavy (non-hydrogen) atoms. The highest BCUT2D eigenvalue weighted by molar-refractivity contribution is 5.91.